The van der Waals surface area contributed by atoms with Crippen LogP contribution in [0.4, 0.5) is 14.6 Å². The molecule has 2 saturated heterocycles. The van der Waals surface area contributed by atoms with Gasteiger partial charge < -0.3 is 14.5 Å². The number of hydrogen-bond donors (Lipinski definition) is 0. The molecule has 1 aromatic carbocycles. The summed E-state index contributed by atoms with van der Waals surface area (Å²) in [6, 6.07) is 8.18. The van der Waals surface area contributed by atoms with Crippen molar-refractivity contribution in [3.63, 3.8) is 0 Å². The van der Waals surface area contributed by atoms with Crippen LogP contribution in [0.15, 0.2) is 30.5 Å². The Kier molecular flexibility index (Phi) is 5.47. The molecule has 0 unspecified atom stereocenters. The van der Waals surface area contributed by atoms with E-state index in [0.29, 0.717) is 25.5 Å². The molecule has 7 nitrogen and oxygen atoms in total. The summed E-state index contributed by atoms with van der Waals surface area (Å²) in [5.41, 5.74) is 4.13. The van der Waals surface area contributed by atoms with Gasteiger partial charge >= 0.3 is 0 Å². The molecule has 3 aromatic rings. The van der Waals surface area contributed by atoms with Gasteiger partial charge in [-0.1, -0.05) is 18.2 Å². The van der Waals surface area contributed by atoms with Crippen LogP contribution in [0.1, 0.15) is 43.5 Å². The molecule has 3 aliphatic rings. The first-order valence-electron chi connectivity index (χ1n) is 12.3. The van der Waals surface area contributed by atoms with Gasteiger partial charge in [0.25, 0.3) is 5.92 Å². The van der Waals surface area contributed by atoms with Gasteiger partial charge in [0.15, 0.2) is 0 Å². The van der Waals surface area contributed by atoms with Crippen molar-refractivity contribution in [2.45, 2.75) is 51.1 Å². The predicted octanol–water partition coefficient (Wildman–Crippen LogP) is 4.20. The summed E-state index contributed by atoms with van der Waals surface area (Å²) in [7, 11) is 0. The first-order valence-corrected chi connectivity index (χ1v) is 12.3. The van der Waals surface area contributed by atoms with Gasteiger partial charge in [0.2, 0.25) is 5.91 Å². The molecular weight excluding hydrogens is 452 g/mol. The third kappa shape index (κ3) is 4.05. The number of rotatable bonds is 3. The number of alkyl halides is 2. The van der Waals surface area contributed by atoms with E-state index < -0.39 is 5.92 Å². The van der Waals surface area contributed by atoms with Crippen LogP contribution in [0.5, 0.6) is 0 Å². The average molecular weight is 482 g/mol. The highest BCUT2D eigenvalue weighted by Crippen LogP contribution is 2.38. The fourth-order valence-corrected chi connectivity index (χ4v) is 5.63. The predicted molar refractivity (Wildman–Crippen MR) is 129 cm³/mol. The van der Waals surface area contributed by atoms with Gasteiger partial charge in [-0.3, -0.25) is 9.48 Å². The number of aromatic nitrogens is 3. The zero-order chi connectivity index (χ0) is 24.2. The van der Waals surface area contributed by atoms with E-state index in [0.717, 1.165) is 60.1 Å². The number of halogens is 2. The van der Waals surface area contributed by atoms with Gasteiger partial charge in [-0.15, -0.1) is 0 Å². The number of fused-ring (bicyclic) bond motifs is 2. The van der Waals surface area contributed by atoms with Gasteiger partial charge in [-0.2, -0.15) is 5.10 Å². The van der Waals surface area contributed by atoms with Crippen molar-refractivity contribution >= 4 is 22.5 Å². The van der Waals surface area contributed by atoms with Crippen LogP contribution in [0.2, 0.25) is 0 Å². The fourth-order valence-electron chi connectivity index (χ4n) is 5.63. The fraction of sp³-hybridized carbons (Fsp3) is 0.500. The van der Waals surface area contributed by atoms with Gasteiger partial charge in [-0.25, -0.2) is 13.8 Å². The van der Waals surface area contributed by atoms with E-state index in [9.17, 15) is 13.6 Å². The van der Waals surface area contributed by atoms with Crippen LogP contribution in [0.25, 0.3) is 22.0 Å². The third-order valence-corrected chi connectivity index (χ3v) is 7.57. The second-order valence-electron chi connectivity index (χ2n) is 9.85. The number of ether oxygens (including phenoxy) is 1. The molecule has 6 rings (SSSR count). The molecule has 0 radical (unpaired) electrons. The summed E-state index contributed by atoms with van der Waals surface area (Å²) >= 11 is 0. The second-order valence-corrected chi connectivity index (χ2v) is 9.85. The minimum absolute atomic E-state index is 0.0621. The minimum Gasteiger partial charge on any atom is -0.381 e. The van der Waals surface area contributed by atoms with Crippen LogP contribution < -0.4 is 4.90 Å². The lowest BCUT2D eigenvalue weighted by molar-refractivity contribution is -0.129. The molecule has 3 aliphatic heterocycles. The molecule has 184 valence electrons. The van der Waals surface area contributed by atoms with Crippen LogP contribution in [-0.2, 0) is 22.5 Å². The Labute approximate surface area is 202 Å². The van der Waals surface area contributed by atoms with Crippen LogP contribution >= 0.6 is 0 Å². The molecule has 35 heavy (non-hydrogen) atoms. The largest absolute Gasteiger partial charge is 0.381 e. The first kappa shape index (κ1) is 22.4. The summed E-state index contributed by atoms with van der Waals surface area (Å²) in [6.45, 7) is 4.30. The summed E-state index contributed by atoms with van der Waals surface area (Å²) in [4.78, 5) is 20.3. The molecule has 0 atom stereocenters. The van der Waals surface area contributed by atoms with Gasteiger partial charge in [-0.05, 0) is 24.3 Å². The van der Waals surface area contributed by atoms with Crippen molar-refractivity contribution in [3.05, 3.63) is 41.7 Å². The molecule has 2 aromatic heterocycles. The van der Waals surface area contributed by atoms with E-state index in [1.165, 1.54) is 5.69 Å². The summed E-state index contributed by atoms with van der Waals surface area (Å²) in [5, 5.41) is 7.01. The maximum atomic E-state index is 13.8. The van der Waals surface area contributed by atoms with Crippen molar-refractivity contribution in [2.75, 3.05) is 37.7 Å². The standard InChI is InChI=1S/C26H29F2N5O2/c1-17(34)31-9-5-23-22(15-31)25(30-33(23)19-6-11-35-12-7-19)20-4-2-3-18-13-24(29-14-21(18)20)32-10-8-26(27,28)16-32/h2-4,13-14,19H,5-12,15-16H2,1H3. The van der Waals surface area contributed by atoms with Crippen molar-refractivity contribution in [2.24, 2.45) is 0 Å². The number of carbonyl (C=O) groups excluding carboxylic acids is 1. The number of hydrogen-bond acceptors (Lipinski definition) is 5. The molecule has 5 heterocycles. The van der Waals surface area contributed by atoms with Crippen molar-refractivity contribution in [3.8, 4) is 11.3 Å². The van der Waals surface area contributed by atoms with E-state index in [4.69, 9.17) is 9.84 Å². The van der Waals surface area contributed by atoms with Crippen molar-refractivity contribution in [1.29, 1.82) is 0 Å². The number of amides is 1. The number of nitrogens with zero attached hydrogens (tertiary/aromatic N) is 5. The lowest BCUT2D eigenvalue weighted by atomic mass is 9.97. The van der Waals surface area contributed by atoms with E-state index in [1.54, 1.807) is 18.0 Å². The van der Waals surface area contributed by atoms with Gasteiger partial charge in [0, 0.05) is 81.0 Å². The summed E-state index contributed by atoms with van der Waals surface area (Å²) in [5.74, 6) is -2.03. The van der Waals surface area contributed by atoms with Crippen molar-refractivity contribution in [1.82, 2.24) is 19.7 Å². The molecule has 0 N–H and O–H groups in total. The van der Waals surface area contributed by atoms with Crippen LogP contribution in [-0.4, -0.2) is 64.3 Å². The summed E-state index contributed by atoms with van der Waals surface area (Å²) < 4.78 is 35.3. The molecule has 0 aliphatic carbocycles. The maximum absolute atomic E-state index is 13.8. The Balaban J connectivity index is 1.44. The smallest absolute Gasteiger partial charge is 0.266 e. The number of anilines is 1. The lowest BCUT2D eigenvalue weighted by Crippen LogP contribution is -2.35. The molecule has 9 heteroatoms. The Morgan fingerprint density at radius 2 is 2.03 bits per heavy atom. The topological polar surface area (TPSA) is 63.5 Å². The molecule has 0 saturated carbocycles. The lowest BCUT2D eigenvalue weighted by Gasteiger charge is -2.29. The molecule has 1 amide bonds. The second kappa shape index (κ2) is 8.55. The van der Waals surface area contributed by atoms with E-state index in [2.05, 4.69) is 9.67 Å². The highest BCUT2D eigenvalue weighted by molar-refractivity contribution is 5.97. The van der Waals surface area contributed by atoms with E-state index >= 15 is 0 Å². The van der Waals surface area contributed by atoms with Gasteiger partial charge in [0.1, 0.15) is 5.82 Å². The molecule has 0 spiro atoms. The van der Waals surface area contributed by atoms with Crippen molar-refractivity contribution < 1.29 is 18.3 Å². The average Bonchev–Trinajstić information content (AvgIpc) is 3.43. The highest BCUT2D eigenvalue weighted by atomic mass is 19.3. The normalized spacial score (nSPS) is 20.4. The number of pyridine rings is 1. The monoisotopic (exact) mass is 481 g/mol. The third-order valence-electron chi connectivity index (χ3n) is 7.57. The maximum Gasteiger partial charge on any atom is 0.266 e. The van der Waals surface area contributed by atoms with Gasteiger partial charge in [0.05, 0.1) is 18.3 Å². The minimum atomic E-state index is -2.67. The first-order chi connectivity index (χ1) is 16.9. The van der Waals surface area contributed by atoms with Crippen LogP contribution in [0.3, 0.4) is 0 Å². The highest BCUT2D eigenvalue weighted by Gasteiger charge is 2.39. The zero-order valence-corrected chi connectivity index (χ0v) is 19.8. The van der Waals surface area contributed by atoms with Crippen LogP contribution in [0, 0.1) is 0 Å². The quantitative estimate of drug-likeness (QED) is 0.561. The molecule has 2 fully saturated rings. The number of benzene rings is 1. The van der Waals surface area contributed by atoms with E-state index in [-0.39, 0.29) is 24.9 Å². The Morgan fingerprint density at radius 1 is 1.20 bits per heavy atom. The Bertz CT molecular complexity index is 1280. The Hall–Kier alpha value is -3.07. The SMILES string of the molecule is CC(=O)N1CCc2c(c(-c3cccc4cc(N5CCC(F)(F)C5)ncc34)nn2C2CCOCC2)C1. The Morgan fingerprint density at radius 3 is 2.77 bits per heavy atom. The zero-order valence-electron chi connectivity index (χ0n) is 19.8. The molecular formula is C26H29F2N5O2. The summed E-state index contributed by atoms with van der Waals surface area (Å²) in [6.07, 6.45) is 4.25. The molecule has 0 bridgehead atoms. The number of carbonyl (C=O) groups is 1. The van der Waals surface area contributed by atoms with E-state index in [1.807, 2.05) is 29.2 Å².